The van der Waals surface area contributed by atoms with Gasteiger partial charge in [-0.05, 0) is 36.4 Å². The lowest BCUT2D eigenvalue weighted by atomic mass is 10.1. The van der Waals surface area contributed by atoms with E-state index in [9.17, 15) is 18.0 Å². The molecule has 2 aromatic rings. The summed E-state index contributed by atoms with van der Waals surface area (Å²) in [5.74, 6) is -0.505. The first kappa shape index (κ1) is 21.2. The van der Waals surface area contributed by atoms with Crippen LogP contribution in [-0.2, 0) is 14.8 Å². The van der Waals surface area contributed by atoms with E-state index in [-0.39, 0.29) is 17.3 Å². The molecule has 2 aliphatic heterocycles. The van der Waals surface area contributed by atoms with Crippen molar-refractivity contribution in [2.24, 2.45) is 5.92 Å². The minimum Gasteiger partial charge on any atom is -0.495 e. The van der Waals surface area contributed by atoms with Gasteiger partial charge in [0.05, 0.1) is 30.2 Å². The van der Waals surface area contributed by atoms with Gasteiger partial charge in [-0.1, -0.05) is 19.1 Å². The summed E-state index contributed by atoms with van der Waals surface area (Å²) in [6.07, 6.45) is 0. The number of piperazine rings is 1. The molecule has 9 heteroatoms. The zero-order valence-corrected chi connectivity index (χ0v) is 18.3. The van der Waals surface area contributed by atoms with E-state index in [1.807, 2.05) is 24.3 Å². The lowest BCUT2D eigenvalue weighted by molar-refractivity contribution is -0.119. The number of rotatable bonds is 4. The van der Waals surface area contributed by atoms with Crippen molar-refractivity contribution in [3.63, 3.8) is 0 Å². The molecule has 0 unspecified atom stereocenters. The van der Waals surface area contributed by atoms with Crippen molar-refractivity contribution >= 4 is 33.2 Å². The molecule has 2 amide bonds. The van der Waals surface area contributed by atoms with Crippen molar-refractivity contribution in [2.45, 2.75) is 6.92 Å². The van der Waals surface area contributed by atoms with Gasteiger partial charge in [-0.15, -0.1) is 0 Å². The molecule has 2 aromatic carbocycles. The maximum atomic E-state index is 12.9. The monoisotopic (exact) mass is 443 g/mol. The largest absolute Gasteiger partial charge is 0.495 e. The van der Waals surface area contributed by atoms with Crippen molar-refractivity contribution < 1.29 is 22.7 Å². The Morgan fingerprint density at radius 2 is 1.65 bits per heavy atom. The molecule has 2 saturated heterocycles. The molecule has 0 aliphatic carbocycles. The van der Waals surface area contributed by atoms with Gasteiger partial charge < -0.3 is 14.5 Å². The number of ether oxygens (including phenoxy) is 1. The maximum absolute atomic E-state index is 12.9. The molecular weight excluding hydrogens is 418 g/mol. The number of methoxy groups -OCH3 is 1. The van der Waals surface area contributed by atoms with Gasteiger partial charge in [0.25, 0.3) is 5.91 Å². The first-order chi connectivity index (χ1) is 14.8. The number of carbonyl (C=O) groups excluding carboxylic acids is 2. The zero-order valence-electron chi connectivity index (χ0n) is 17.5. The van der Waals surface area contributed by atoms with Gasteiger partial charge in [0.2, 0.25) is 15.9 Å². The molecule has 0 saturated carbocycles. The molecule has 31 heavy (non-hydrogen) atoms. The van der Waals surface area contributed by atoms with E-state index in [4.69, 9.17) is 4.74 Å². The predicted molar refractivity (Wildman–Crippen MR) is 118 cm³/mol. The van der Waals surface area contributed by atoms with Gasteiger partial charge in [-0.3, -0.25) is 9.59 Å². The average Bonchev–Trinajstić information content (AvgIpc) is 2.99. The van der Waals surface area contributed by atoms with Crippen molar-refractivity contribution in [1.82, 2.24) is 4.90 Å². The second-order valence-electron chi connectivity index (χ2n) is 7.78. The Morgan fingerprint density at radius 1 is 1.00 bits per heavy atom. The molecule has 2 aliphatic rings. The summed E-state index contributed by atoms with van der Waals surface area (Å²) in [4.78, 5) is 29.1. The summed E-state index contributed by atoms with van der Waals surface area (Å²) in [6.45, 7) is 4.10. The quantitative estimate of drug-likeness (QED) is 0.718. The minimum atomic E-state index is -3.66. The van der Waals surface area contributed by atoms with E-state index < -0.39 is 21.8 Å². The zero-order chi connectivity index (χ0) is 22.2. The van der Waals surface area contributed by atoms with Crippen LogP contribution in [0.3, 0.4) is 0 Å². The molecule has 1 atom stereocenters. The number of nitrogens with zero attached hydrogens (tertiary/aromatic N) is 3. The number of hydrogen-bond donors (Lipinski definition) is 0. The number of benzene rings is 2. The molecule has 0 aromatic heterocycles. The van der Waals surface area contributed by atoms with Crippen molar-refractivity contribution in [2.75, 3.05) is 48.2 Å². The number of hydrogen-bond acceptors (Lipinski definition) is 6. The Balaban J connectivity index is 1.43. The molecule has 4 rings (SSSR count). The first-order valence-corrected chi connectivity index (χ1v) is 11.8. The van der Waals surface area contributed by atoms with Crippen LogP contribution < -0.4 is 13.9 Å². The fourth-order valence-electron chi connectivity index (χ4n) is 4.05. The maximum Gasteiger partial charge on any atom is 0.253 e. The Morgan fingerprint density at radius 3 is 2.23 bits per heavy atom. The van der Waals surface area contributed by atoms with Crippen LogP contribution in [0, 0.1) is 5.92 Å². The van der Waals surface area contributed by atoms with Crippen LogP contribution in [0.5, 0.6) is 5.75 Å². The van der Waals surface area contributed by atoms with Gasteiger partial charge in [0, 0.05) is 31.7 Å². The van der Waals surface area contributed by atoms with Crippen molar-refractivity contribution in [1.29, 1.82) is 0 Å². The van der Waals surface area contributed by atoms with Gasteiger partial charge >= 0.3 is 0 Å². The lowest BCUT2D eigenvalue weighted by Gasteiger charge is -2.36. The van der Waals surface area contributed by atoms with E-state index in [1.54, 1.807) is 31.1 Å². The van der Waals surface area contributed by atoms with Gasteiger partial charge in [-0.2, -0.15) is 0 Å². The second kappa shape index (κ2) is 8.22. The van der Waals surface area contributed by atoms with Crippen LogP contribution in [0.25, 0.3) is 0 Å². The predicted octanol–water partition coefficient (Wildman–Crippen LogP) is 1.97. The molecule has 8 nitrogen and oxygen atoms in total. The Kier molecular flexibility index (Phi) is 5.62. The number of carbonyl (C=O) groups is 2. The number of sulfonamides is 1. The van der Waals surface area contributed by atoms with E-state index in [1.165, 1.54) is 12.1 Å². The van der Waals surface area contributed by atoms with Crippen LogP contribution in [0.2, 0.25) is 0 Å². The summed E-state index contributed by atoms with van der Waals surface area (Å²) in [5.41, 5.74) is 1.74. The standard InChI is InChI=1S/C22H25N3O5S/c1-16-15-31(28,29)25(21(16)26)18-9-7-17(8-10-18)22(27)24-13-11-23(12-14-24)19-5-3-4-6-20(19)30-2/h3-10,16H,11-15H2,1-2H3/t16-/m1/s1. The lowest BCUT2D eigenvalue weighted by Crippen LogP contribution is -2.48. The molecular formula is C22H25N3O5S. The van der Waals surface area contributed by atoms with Crippen LogP contribution in [0.4, 0.5) is 11.4 Å². The normalized spacial score (nSPS) is 20.8. The highest BCUT2D eigenvalue weighted by Crippen LogP contribution is 2.30. The average molecular weight is 444 g/mol. The Labute approximate surface area is 182 Å². The summed E-state index contributed by atoms with van der Waals surface area (Å²) in [5, 5.41) is 0. The summed E-state index contributed by atoms with van der Waals surface area (Å²) in [6, 6.07) is 14.0. The molecule has 0 spiro atoms. The highest BCUT2D eigenvalue weighted by molar-refractivity contribution is 7.94. The molecule has 0 N–H and O–H groups in total. The number of anilines is 2. The summed E-state index contributed by atoms with van der Waals surface area (Å²) >= 11 is 0. The van der Waals surface area contributed by atoms with Gasteiger partial charge in [0.15, 0.2) is 0 Å². The van der Waals surface area contributed by atoms with Gasteiger partial charge in [0.1, 0.15) is 5.75 Å². The Hall–Kier alpha value is -3.07. The SMILES string of the molecule is COc1ccccc1N1CCN(C(=O)c2ccc(N3C(=O)[C@H](C)CS3(=O)=O)cc2)CC1. The van der Waals surface area contributed by atoms with Crippen molar-refractivity contribution in [3.05, 3.63) is 54.1 Å². The van der Waals surface area contributed by atoms with Gasteiger partial charge in [-0.25, -0.2) is 12.7 Å². The van der Waals surface area contributed by atoms with Crippen LogP contribution in [0.15, 0.2) is 48.5 Å². The van der Waals surface area contributed by atoms with Crippen LogP contribution >= 0.6 is 0 Å². The number of para-hydroxylation sites is 2. The molecule has 0 bridgehead atoms. The van der Waals surface area contributed by atoms with E-state index in [0.29, 0.717) is 31.7 Å². The van der Waals surface area contributed by atoms with Crippen LogP contribution in [-0.4, -0.2) is 64.2 Å². The highest BCUT2D eigenvalue weighted by atomic mass is 32.2. The smallest absolute Gasteiger partial charge is 0.253 e. The molecule has 0 radical (unpaired) electrons. The molecule has 2 fully saturated rings. The topological polar surface area (TPSA) is 87.2 Å². The Bertz CT molecular complexity index is 1090. The van der Waals surface area contributed by atoms with E-state index in [2.05, 4.69) is 4.90 Å². The van der Waals surface area contributed by atoms with Crippen molar-refractivity contribution in [3.8, 4) is 5.75 Å². The second-order valence-corrected chi connectivity index (χ2v) is 9.64. The number of amides is 2. The first-order valence-electron chi connectivity index (χ1n) is 10.2. The summed E-state index contributed by atoms with van der Waals surface area (Å²) < 4.78 is 30.8. The highest BCUT2D eigenvalue weighted by Gasteiger charge is 2.42. The minimum absolute atomic E-state index is 0.116. The molecule has 2 heterocycles. The van der Waals surface area contributed by atoms with E-state index in [0.717, 1.165) is 15.7 Å². The third-order valence-corrected chi connectivity index (χ3v) is 7.57. The fraction of sp³-hybridized carbons (Fsp3) is 0.364. The molecule has 164 valence electrons. The van der Waals surface area contributed by atoms with Crippen LogP contribution in [0.1, 0.15) is 17.3 Å². The van der Waals surface area contributed by atoms with E-state index >= 15 is 0 Å². The third kappa shape index (κ3) is 3.97. The fourth-order valence-corrected chi connectivity index (χ4v) is 5.87. The summed E-state index contributed by atoms with van der Waals surface area (Å²) in [7, 11) is -2.01. The third-order valence-electron chi connectivity index (χ3n) is 5.70.